The number of pyridine rings is 1. The van der Waals surface area contributed by atoms with Crippen LogP contribution in [-0.2, 0) is 16.0 Å². The summed E-state index contributed by atoms with van der Waals surface area (Å²) in [5.41, 5.74) is 1.46. The molecule has 2 amide bonds. The van der Waals surface area contributed by atoms with Crippen molar-refractivity contribution in [1.82, 2.24) is 19.2 Å². The van der Waals surface area contributed by atoms with Gasteiger partial charge in [0.25, 0.3) is 11.5 Å². The van der Waals surface area contributed by atoms with Crippen molar-refractivity contribution in [2.24, 2.45) is 0 Å². The van der Waals surface area contributed by atoms with Crippen molar-refractivity contribution in [2.45, 2.75) is 13.3 Å². The highest BCUT2D eigenvalue weighted by molar-refractivity contribution is 8.26. The number of anilines is 1. The number of ether oxygens (including phenoxy) is 3. The molecule has 42 heavy (non-hydrogen) atoms. The van der Waals surface area contributed by atoms with Gasteiger partial charge in [-0.15, -0.1) is 0 Å². The number of hydrogen-bond donors (Lipinski definition) is 0. The number of thioether (sulfide) groups is 1. The lowest BCUT2D eigenvalue weighted by molar-refractivity contribution is -0.122. The van der Waals surface area contributed by atoms with Crippen LogP contribution in [0.5, 0.6) is 11.5 Å². The standard InChI is InChI=1S/C29H31N5O6S2/c1-4-40-28(37)32-15-13-31(14-16-32)25-20(26(35)33-11-6-5-7-24(33)30-25)18-23-27(36)34(29(41)42-23)12-10-19-8-9-21(38-2)22(17-19)39-3/h5-9,11,17-18H,4,10,12-16H2,1-3H3. The number of piperazine rings is 1. The molecule has 2 saturated heterocycles. The first-order valence-corrected chi connectivity index (χ1v) is 14.7. The summed E-state index contributed by atoms with van der Waals surface area (Å²) in [5.74, 6) is 1.44. The Kier molecular flexibility index (Phi) is 8.97. The van der Waals surface area contributed by atoms with Gasteiger partial charge < -0.3 is 24.0 Å². The van der Waals surface area contributed by atoms with Crippen LogP contribution in [0.2, 0.25) is 0 Å². The highest BCUT2D eigenvalue weighted by atomic mass is 32.2. The van der Waals surface area contributed by atoms with Crippen LogP contribution in [0.4, 0.5) is 10.6 Å². The molecule has 13 heteroatoms. The molecule has 0 unspecified atom stereocenters. The molecule has 0 saturated carbocycles. The molecule has 2 aliphatic rings. The largest absolute Gasteiger partial charge is 0.493 e. The van der Waals surface area contributed by atoms with E-state index in [0.717, 1.165) is 5.56 Å². The summed E-state index contributed by atoms with van der Waals surface area (Å²) in [6.07, 6.45) is 3.44. The van der Waals surface area contributed by atoms with Crippen molar-refractivity contribution in [1.29, 1.82) is 0 Å². The molecule has 0 aliphatic carbocycles. The molecule has 0 N–H and O–H groups in total. The van der Waals surface area contributed by atoms with Crippen molar-refractivity contribution in [2.75, 3.05) is 58.5 Å². The summed E-state index contributed by atoms with van der Waals surface area (Å²) in [5, 5.41) is 0. The monoisotopic (exact) mass is 609 g/mol. The predicted molar refractivity (Wildman–Crippen MR) is 165 cm³/mol. The fraction of sp³-hybridized carbons (Fsp3) is 0.345. The van der Waals surface area contributed by atoms with Crippen molar-refractivity contribution >= 4 is 57.8 Å². The van der Waals surface area contributed by atoms with Crippen LogP contribution in [0.1, 0.15) is 18.1 Å². The van der Waals surface area contributed by atoms with Gasteiger partial charge in [0.1, 0.15) is 15.8 Å². The van der Waals surface area contributed by atoms with E-state index in [9.17, 15) is 14.4 Å². The van der Waals surface area contributed by atoms with Gasteiger partial charge in [0.05, 0.1) is 31.3 Å². The minimum atomic E-state index is -0.360. The smallest absolute Gasteiger partial charge is 0.409 e. The summed E-state index contributed by atoms with van der Waals surface area (Å²) < 4.78 is 17.7. The van der Waals surface area contributed by atoms with Gasteiger partial charge in [-0.2, -0.15) is 0 Å². The lowest BCUT2D eigenvalue weighted by atomic mass is 10.1. The second kappa shape index (κ2) is 12.8. The molecule has 11 nitrogen and oxygen atoms in total. The number of carbonyl (C=O) groups is 2. The quantitative estimate of drug-likeness (QED) is 0.279. The highest BCUT2D eigenvalue weighted by Gasteiger charge is 2.33. The first-order valence-electron chi connectivity index (χ1n) is 13.5. The first kappa shape index (κ1) is 29.4. The van der Waals surface area contributed by atoms with Gasteiger partial charge in [0.2, 0.25) is 0 Å². The third-order valence-electron chi connectivity index (χ3n) is 7.08. The van der Waals surface area contributed by atoms with Crippen LogP contribution in [-0.4, -0.2) is 89.1 Å². The Hall–Kier alpha value is -4.10. The third kappa shape index (κ3) is 5.93. The van der Waals surface area contributed by atoms with Gasteiger partial charge in [-0.25, -0.2) is 9.78 Å². The highest BCUT2D eigenvalue weighted by Crippen LogP contribution is 2.34. The minimum absolute atomic E-state index is 0.263. The van der Waals surface area contributed by atoms with E-state index in [1.54, 1.807) is 55.3 Å². The van der Waals surface area contributed by atoms with E-state index in [1.807, 2.05) is 29.2 Å². The van der Waals surface area contributed by atoms with Crippen LogP contribution in [0, 0.1) is 0 Å². The minimum Gasteiger partial charge on any atom is -0.493 e. The Bertz CT molecular complexity index is 1620. The zero-order valence-electron chi connectivity index (χ0n) is 23.6. The Morgan fingerprint density at radius 2 is 1.83 bits per heavy atom. The molecule has 0 bridgehead atoms. The summed E-state index contributed by atoms with van der Waals surface area (Å²) in [6, 6.07) is 11.0. The molecule has 0 radical (unpaired) electrons. The van der Waals surface area contributed by atoms with Crippen molar-refractivity contribution < 1.29 is 23.8 Å². The average Bonchev–Trinajstić information content (AvgIpc) is 3.28. The van der Waals surface area contributed by atoms with Gasteiger partial charge in [-0.3, -0.25) is 18.9 Å². The molecule has 1 aromatic carbocycles. The molecule has 2 aliphatic heterocycles. The van der Waals surface area contributed by atoms with E-state index in [-0.39, 0.29) is 17.6 Å². The average molecular weight is 610 g/mol. The van der Waals surface area contributed by atoms with Gasteiger partial charge in [-0.05, 0) is 49.2 Å². The zero-order chi connectivity index (χ0) is 29.8. The van der Waals surface area contributed by atoms with Gasteiger partial charge in [0, 0.05) is 38.9 Å². The number of carbonyl (C=O) groups excluding carboxylic acids is 2. The third-order valence-corrected chi connectivity index (χ3v) is 8.45. The number of rotatable bonds is 8. The Balaban J connectivity index is 1.41. The van der Waals surface area contributed by atoms with E-state index in [1.165, 1.54) is 16.2 Å². The molecule has 5 rings (SSSR count). The number of fused-ring (bicyclic) bond motifs is 1. The number of methoxy groups -OCH3 is 2. The normalized spacial score (nSPS) is 16.5. The lowest BCUT2D eigenvalue weighted by Gasteiger charge is -2.35. The van der Waals surface area contributed by atoms with E-state index >= 15 is 0 Å². The van der Waals surface area contributed by atoms with Crippen molar-refractivity contribution in [3.05, 3.63) is 69.0 Å². The van der Waals surface area contributed by atoms with E-state index in [2.05, 4.69) is 0 Å². The summed E-state index contributed by atoms with van der Waals surface area (Å²) >= 11 is 6.73. The van der Waals surface area contributed by atoms with Crippen LogP contribution in [0.15, 0.2) is 52.3 Å². The lowest BCUT2D eigenvalue weighted by Crippen LogP contribution is -2.49. The summed E-state index contributed by atoms with van der Waals surface area (Å²) in [4.78, 5) is 49.7. The van der Waals surface area contributed by atoms with Gasteiger partial charge in [-0.1, -0.05) is 36.1 Å². The number of thiocarbonyl (C=S) groups is 1. The fourth-order valence-electron chi connectivity index (χ4n) is 4.87. The van der Waals surface area contributed by atoms with E-state index in [4.69, 9.17) is 31.4 Å². The van der Waals surface area contributed by atoms with Crippen molar-refractivity contribution in [3.63, 3.8) is 0 Å². The SMILES string of the molecule is CCOC(=O)N1CCN(c2nc3ccccn3c(=O)c2C=C2SC(=S)N(CCc3ccc(OC)c(OC)c3)C2=O)CC1. The first-order chi connectivity index (χ1) is 20.3. The van der Waals surface area contributed by atoms with Gasteiger partial charge >= 0.3 is 6.09 Å². The van der Waals surface area contributed by atoms with E-state index in [0.29, 0.717) is 83.5 Å². The molecule has 4 heterocycles. The fourth-order valence-corrected chi connectivity index (χ4v) is 6.17. The molecule has 2 fully saturated rings. The van der Waals surface area contributed by atoms with Gasteiger partial charge in [0.15, 0.2) is 11.5 Å². The maximum atomic E-state index is 13.7. The van der Waals surface area contributed by atoms with Crippen molar-refractivity contribution in [3.8, 4) is 11.5 Å². The molecule has 220 valence electrons. The maximum absolute atomic E-state index is 13.7. The predicted octanol–water partition coefficient (Wildman–Crippen LogP) is 3.43. The number of aromatic nitrogens is 2. The Labute approximate surface area is 252 Å². The van der Waals surface area contributed by atoms with Crippen LogP contribution < -0.4 is 19.9 Å². The second-order valence-electron chi connectivity index (χ2n) is 9.53. The summed E-state index contributed by atoms with van der Waals surface area (Å²) in [6.45, 7) is 4.21. The van der Waals surface area contributed by atoms with Crippen LogP contribution in [0.3, 0.4) is 0 Å². The van der Waals surface area contributed by atoms with E-state index < -0.39 is 0 Å². The summed E-state index contributed by atoms with van der Waals surface area (Å²) in [7, 11) is 3.16. The van der Waals surface area contributed by atoms with Crippen LogP contribution in [0.25, 0.3) is 11.7 Å². The molecule has 3 aromatic rings. The number of nitrogens with zero attached hydrogens (tertiary/aromatic N) is 5. The molecule has 2 aromatic heterocycles. The molecular weight excluding hydrogens is 578 g/mol. The van der Waals surface area contributed by atoms with Crippen LogP contribution >= 0.6 is 24.0 Å². The molecule has 0 spiro atoms. The number of hydrogen-bond acceptors (Lipinski definition) is 10. The number of amides is 2. The Morgan fingerprint density at radius 1 is 1.07 bits per heavy atom. The zero-order valence-corrected chi connectivity index (χ0v) is 25.2. The Morgan fingerprint density at radius 3 is 2.55 bits per heavy atom. The topological polar surface area (TPSA) is 106 Å². The number of benzene rings is 1. The maximum Gasteiger partial charge on any atom is 0.409 e. The molecule has 0 atom stereocenters. The molecular formula is C29H31N5O6S2. The second-order valence-corrected chi connectivity index (χ2v) is 11.2.